The minimum absolute atomic E-state index is 0.0814. The van der Waals surface area contributed by atoms with Crippen LogP contribution in [0.4, 0.5) is 0 Å². The van der Waals surface area contributed by atoms with Crippen molar-refractivity contribution in [1.29, 1.82) is 0 Å². The standard InChI is InChI=1S/C17H18BrClO3S/c1-23(20,21)22-12-14(16-4-2-3-5-17(16)19)9-6-13-7-10-15(18)11-8-13/h2-5,7-8,10-11,14H,6,9,12H2,1H3. The van der Waals surface area contributed by atoms with Gasteiger partial charge in [-0.1, -0.05) is 57.9 Å². The van der Waals surface area contributed by atoms with Crippen LogP contribution in [0.15, 0.2) is 53.0 Å². The van der Waals surface area contributed by atoms with E-state index in [0.29, 0.717) is 5.02 Å². The summed E-state index contributed by atoms with van der Waals surface area (Å²) in [6.07, 6.45) is 2.63. The van der Waals surface area contributed by atoms with E-state index in [1.807, 2.05) is 48.5 Å². The molecule has 0 fully saturated rings. The van der Waals surface area contributed by atoms with Gasteiger partial charge < -0.3 is 0 Å². The fourth-order valence-electron chi connectivity index (χ4n) is 2.33. The van der Waals surface area contributed by atoms with Crippen LogP contribution >= 0.6 is 27.5 Å². The van der Waals surface area contributed by atoms with Gasteiger partial charge in [0.1, 0.15) is 0 Å². The second kappa shape index (κ2) is 8.29. The third-order valence-electron chi connectivity index (χ3n) is 3.52. The molecule has 6 heteroatoms. The maximum absolute atomic E-state index is 11.3. The van der Waals surface area contributed by atoms with Gasteiger partial charge in [-0.25, -0.2) is 0 Å². The van der Waals surface area contributed by atoms with Crippen molar-refractivity contribution < 1.29 is 12.6 Å². The van der Waals surface area contributed by atoms with Gasteiger partial charge in [-0.05, 0) is 42.2 Å². The molecule has 0 aliphatic carbocycles. The lowest BCUT2D eigenvalue weighted by Crippen LogP contribution is -2.13. The SMILES string of the molecule is CS(=O)(=O)OCC(CCc1ccc(Br)cc1)c1ccccc1Cl. The van der Waals surface area contributed by atoms with Gasteiger partial charge in [0, 0.05) is 15.4 Å². The van der Waals surface area contributed by atoms with Crippen LogP contribution in [-0.2, 0) is 20.7 Å². The van der Waals surface area contributed by atoms with Crippen molar-refractivity contribution in [3.63, 3.8) is 0 Å². The molecule has 0 spiro atoms. The summed E-state index contributed by atoms with van der Waals surface area (Å²) in [4.78, 5) is 0. The lowest BCUT2D eigenvalue weighted by Gasteiger charge is -2.18. The molecule has 1 atom stereocenters. The number of aryl methyl sites for hydroxylation is 1. The molecule has 124 valence electrons. The lowest BCUT2D eigenvalue weighted by atomic mass is 9.93. The lowest BCUT2D eigenvalue weighted by molar-refractivity contribution is 0.288. The largest absolute Gasteiger partial charge is 0.270 e. The summed E-state index contributed by atoms with van der Waals surface area (Å²) < 4.78 is 28.7. The van der Waals surface area contributed by atoms with Crippen LogP contribution in [0.25, 0.3) is 0 Å². The van der Waals surface area contributed by atoms with Gasteiger partial charge in [-0.2, -0.15) is 8.42 Å². The first kappa shape index (κ1) is 18.5. The summed E-state index contributed by atoms with van der Waals surface area (Å²) in [5.74, 6) is -0.0814. The smallest absolute Gasteiger partial charge is 0.264 e. The Kier molecular flexibility index (Phi) is 6.65. The van der Waals surface area contributed by atoms with Crippen molar-refractivity contribution in [3.05, 3.63) is 69.2 Å². The summed E-state index contributed by atoms with van der Waals surface area (Å²) in [5, 5.41) is 0.630. The quantitative estimate of drug-likeness (QED) is 0.608. The Morgan fingerprint density at radius 3 is 2.39 bits per heavy atom. The first-order chi connectivity index (χ1) is 10.8. The number of hydrogen-bond acceptors (Lipinski definition) is 3. The van der Waals surface area contributed by atoms with Crippen molar-refractivity contribution in [2.24, 2.45) is 0 Å². The van der Waals surface area contributed by atoms with Crippen LogP contribution in [0, 0.1) is 0 Å². The maximum Gasteiger partial charge on any atom is 0.264 e. The van der Waals surface area contributed by atoms with Crippen LogP contribution in [0.5, 0.6) is 0 Å². The van der Waals surface area contributed by atoms with Crippen molar-refractivity contribution in [1.82, 2.24) is 0 Å². The average Bonchev–Trinajstić information content (AvgIpc) is 2.49. The van der Waals surface area contributed by atoms with Crippen molar-refractivity contribution >= 4 is 37.6 Å². The van der Waals surface area contributed by atoms with Gasteiger partial charge in [-0.3, -0.25) is 4.18 Å². The van der Waals surface area contributed by atoms with Crippen LogP contribution in [0.3, 0.4) is 0 Å². The van der Waals surface area contributed by atoms with E-state index in [4.69, 9.17) is 15.8 Å². The highest BCUT2D eigenvalue weighted by Crippen LogP contribution is 2.29. The molecule has 0 saturated carbocycles. The monoisotopic (exact) mass is 416 g/mol. The molecule has 0 aliphatic heterocycles. The first-order valence-electron chi connectivity index (χ1n) is 7.18. The summed E-state index contributed by atoms with van der Waals surface area (Å²) >= 11 is 9.67. The fourth-order valence-corrected chi connectivity index (χ4v) is 3.30. The number of benzene rings is 2. The van der Waals surface area contributed by atoms with Crippen LogP contribution < -0.4 is 0 Å². The van der Waals surface area contributed by atoms with Crippen LogP contribution in [0.1, 0.15) is 23.5 Å². The van der Waals surface area contributed by atoms with Gasteiger partial charge in [0.25, 0.3) is 10.1 Å². The van der Waals surface area contributed by atoms with Gasteiger partial charge in [0.15, 0.2) is 0 Å². The van der Waals surface area contributed by atoms with Gasteiger partial charge in [-0.15, -0.1) is 0 Å². The molecule has 0 aromatic heterocycles. The van der Waals surface area contributed by atoms with E-state index in [-0.39, 0.29) is 12.5 Å². The Balaban J connectivity index is 2.13. The molecule has 0 bridgehead atoms. The van der Waals surface area contributed by atoms with E-state index in [1.165, 1.54) is 5.56 Å². The highest BCUT2D eigenvalue weighted by Gasteiger charge is 2.17. The minimum Gasteiger partial charge on any atom is -0.270 e. The molecule has 0 amide bonds. The molecule has 0 heterocycles. The van der Waals surface area contributed by atoms with Gasteiger partial charge in [0.05, 0.1) is 12.9 Å². The molecule has 23 heavy (non-hydrogen) atoms. The van der Waals surface area contributed by atoms with Crippen molar-refractivity contribution in [2.45, 2.75) is 18.8 Å². The Morgan fingerprint density at radius 1 is 1.13 bits per heavy atom. The Labute approximate surface area is 150 Å². The topological polar surface area (TPSA) is 43.4 Å². The Morgan fingerprint density at radius 2 is 1.78 bits per heavy atom. The second-order valence-corrected chi connectivity index (χ2v) is 8.34. The van der Waals surface area contributed by atoms with E-state index in [2.05, 4.69) is 15.9 Å². The average molecular weight is 418 g/mol. The van der Waals surface area contributed by atoms with Gasteiger partial charge >= 0.3 is 0 Å². The molecule has 0 saturated heterocycles. The van der Waals surface area contributed by atoms with Crippen LogP contribution in [0.2, 0.25) is 5.02 Å². The molecule has 3 nitrogen and oxygen atoms in total. The molecule has 2 rings (SSSR count). The zero-order valence-corrected chi connectivity index (χ0v) is 15.9. The van der Waals surface area contributed by atoms with E-state index in [0.717, 1.165) is 29.1 Å². The first-order valence-corrected chi connectivity index (χ1v) is 10.2. The number of rotatable bonds is 7. The molecule has 0 aliphatic rings. The van der Waals surface area contributed by atoms with Gasteiger partial charge in [0.2, 0.25) is 0 Å². The highest BCUT2D eigenvalue weighted by atomic mass is 79.9. The normalized spacial score (nSPS) is 13.0. The molecule has 2 aromatic rings. The maximum atomic E-state index is 11.3. The second-order valence-electron chi connectivity index (χ2n) is 5.37. The van der Waals surface area contributed by atoms with Crippen LogP contribution in [-0.4, -0.2) is 21.3 Å². The summed E-state index contributed by atoms with van der Waals surface area (Å²) in [6.45, 7) is 0.0963. The molecule has 0 radical (unpaired) electrons. The summed E-state index contributed by atoms with van der Waals surface area (Å²) in [6, 6.07) is 15.6. The molecule has 1 unspecified atom stereocenters. The predicted octanol–water partition coefficient (Wildman–Crippen LogP) is 4.80. The fraction of sp³-hybridized carbons (Fsp3) is 0.294. The Bertz CT molecular complexity index is 745. The minimum atomic E-state index is -3.48. The predicted molar refractivity (Wildman–Crippen MR) is 97.5 cm³/mol. The van der Waals surface area contributed by atoms with E-state index in [1.54, 1.807) is 0 Å². The number of hydrogen-bond donors (Lipinski definition) is 0. The van der Waals surface area contributed by atoms with Crippen molar-refractivity contribution in [2.75, 3.05) is 12.9 Å². The zero-order valence-electron chi connectivity index (χ0n) is 12.7. The molecular weight excluding hydrogens is 400 g/mol. The van der Waals surface area contributed by atoms with E-state index in [9.17, 15) is 8.42 Å². The zero-order chi connectivity index (χ0) is 16.9. The third-order valence-corrected chi connectivity index (χ3v) is 4.96. The summed E-state index contributed by atoms with van der Waals surface area (Å²) in [5.41, 5.74) is 2.10. The summed E-state index contributed by atoms with van der Waals surface area (Å²) in [7, 11) is -3.48. The van der Waals surface area contributed by atoms with E-state index >= 15 is 0 Å². The molecular formula is C17H18BrClO3S. The molecule has 0 N–H and O–H groups in total. The van der Waals surface area contributed by atoms with Crippen molar-refractivity contribution in [3.8, 4) is 0 Å². The third kappa shape index (κ3) is 6.26. The Hall–Kier alpha value is -0.880. The molecule has 2 aromatic carbocycles. The van der Waals surface area contributed by atoms with E-state index < -0.39 is 10.1 Å². The number of halogens is 2. The highest BCUT2D eigenvalue weighted by molar-refractivity contribution is 9.10.